The highest BCUT2D eigenvalue weighted by Crippen LogP contribution is 2.44. The largest absolute Gasteiger partial charge is 0.480 e. The Labute approximate surface area is 208 Å². The molecule has 0 aromatic heterocycles. The zero-order valence-electron chi connectivity index (χ0n) is 19.5. The Morgan fingerprint density at radius 1 is 1.06 bits per heavy atom. The van der Waals surface area contributed by atoms with Crippen molar-refractivity contribution in [2.24, 2.45) is 0 Å². The number of thioether (sulfide) groups is 1. The molecule has 2 amide bonds. The van der Waals surface area contributed by atoms with Crippen LogP contribution in [0, 0.1) is 0 Å². The summed E-state index contributed by atoms with van der Waals surface area (Å²) in [4.78, 5) is 36.9. The number of aliphatic carboxylic acids is 1. The second-order valence-corrected chi connectivity index (χ2v) is 10.4. The zero-order valence-corrected chi connectivity index (χ0v) is 20.3. The molecule has 4 N–H and O–H groups in total. The van der Waals surface area contributed by atoms with Crippen LogP contribution in [0.2, 0.25) is 0 Å². The first kappa shape index (κ1) is 25.1. The number of aliphatic hydroxyl groups is 1. The minimum Gasteiger partial charge on any atom is -0.480 e. The predicted molar refractivity (Wildman–Crippen MR) is 133 cm³/mol. The number of carbonyl (C=O) groups excluding carboxylic acids is 2. The number of ether oxygens (including phenoxy) is 1. The Hall–Kier alpha value is -3.04. The fraction of sp³-hybridized carbons (Fsp3) is 0.423. The van der Waals surface area contributed by atoms with Gasteiger partial charge in [0, 0.05) is 12.3 Å². The Balaban J connectivity index is 1.42. The van der Waals surface area contributed by atoms with Gasteiger partial charge in [-0.1, -0.05) is 48.5 Å². The Kier molecular flexibility index (Phi) is 7.66. The van der Waals surface area contributed by atoms with Crippen molar-refractivity contribution in [1.29, 1.82) is 0 Å². The van der Waals surface area contributed by atoms with Gasteiger partial charge in [0.05, 0.1) is 11.6 Å². The molecule has 8 nitrogen and oxygen atoms in total. The fourth-order valence-electron chi connectivity index (χ4n) is 4.88. The lowest BCUT2D eigenvalue weighted by molar-refractivity contribution is -0.145. The number of aliphatic hydroxyl groups excluding tert-OH is 1. The topological polar surface area (TPSA) is 125 Å². The third kappa shape index (κ3) is 5.62. The van der Waals surface area contributed by atoms with Crippen LogP contribution in [0.5, 0.6) is 0 Å². The third-order valence-corrected chi connectivity index (χ3v) is 7.71. The van der Waals surface area contributed by atoms with Crippen molar-refractivity contribution in [2.75, 3.05) is 18.1 Å². The lowest BCUT2D eigenvalue weighted by atomic mass is 9.88. The minimum atomic E-state index is -1.41. The number of carbonyl (C=O) groups is 3. The molecule has 35 heavy (non-hydrogen) atoms. The summed E-state index contributed by atoms with van der Waals surface area (Å²) in [5.74, 6) is -0.405. The van der Waals surface area contributed by atoms with E-state index < -0.39 is 35.7 Å². The number of nitrogens with one attached hydrogen (secondary N) is 2. The van der Waals surface area contributed by atoms with Crippen molar-refractivity contribution in [3.63, 3.8) is 0 Å². The van der Waals surface area contributed by atoms with Crippen LogP contribution in [0.15, 0.2) is 48.5 Å². The van der Waals surface area contributed by atoms with Gasteiger partial charge >= 0.3 is 12.1 Å². The van der Waals surface area contributed by atoms with Crippen LogP contribution in [-0.4, -0.2) is 64.0 Å². The van der Waals surface area contributed by atoms with E-state index in [4.69, 9.17) is 4.74 Å². The van der Waals surface area contributed by atoms with E-state index in [1.165, 1.54) is 6.92 Å². The van der Waals surface area contributed by atoms with Crippen molar-refractivity contribution in [3.8, 4) is 11.1 Å². The van der Waals surface area contributed by atoms with Crippen LogP contribution in [0.1, 0.15) is 43.2 Å². The van der Waals surface area contributed by atoms with E-state index in [9.17, 15) is 24.6 Å². The maximum atomic E-state index is 12.9. The molecule has 1 aliphatic heterocycles. The SMILES string of the molecule is CC(O)C(NC(=O)CC1(NC(=O)OCC2c3ccccc3-c3ccccc32)CCSCC1)C(=O)O. The molecular formula is C26H30N2O6S. The van der Waals surface area contributed by atoms with Gasteiger partial charge in [0.15, 0.2) is 6.04 Å². The molecule has 186 valence electrons. The van der Waals surface area contributed by atoms with E-state index in [0.717, 1.165) is 33.8 Å². The molecule has 0 saturated carbocycles. The fourth-order valence-corrected chi connectivity index (χ4v) is 6.15. The molecule has 1 saturated heterocycles. The van der Waals surface area contributed by atoms with Crippen LogP contribution < -0.4 is 10.6 Å². The molecule has 1 aliphatic carbocycles. The first-order valence-corrected chi connectivity index (χ1v) is 12.9. The van der Waals surface area contributed by atoms with Crippen molar-refractivity contribution in [2.45, 2.75) is 49.8 Å². The quantitative estimate of drug-likeness (QED) is 0.441. The summed E-state index contributed by atoms with van der Waals surface area (Å²) in [7, 11) is 0. The molecule has 2 aromatic rings. The van der Waals surface area contributed by atoms with Crippen LogP contribution in [0.4, 0.5) is 4.79 Å². The normalized spacial score (nSPS) is 18.0. The van der Waals surface area contributed by atoms with Gasteiger partial charge in [0.1, 0.15) is 6.61 Å². The van der Waals surface area contributed by atoms with E-state index in [-0.39, 0.29) is 18.9 Å². The number of rotatable bonds is 8. The number of carboxylic acid groups (broad SMARTS) is 1. The van der Waals surface area contributed by atoms with Crippen LogP contribution in [-0.2, 0) is 14.3 Å². The second-order valence-electron chi connectivity index (χ2n) is 9.14. The van der Waals surface area contributed by atoms with Gasteiger partial charge in [-0.15, -0.1) is 0 Å². The van der Waals surface area contributed by atoms with Gasteiger partial charge in [-0.3, -0.25) is 4.79 Å². The maximum absolute atomic E-state index is 12.9. The molecule has 4 rings (SSSR count). The molecule has 1 heterocycles. The highest BCUT2D eigenvalue weighted by Gasteiger charge is 2.38. The maximum Gasteiger partial charge on any atom is 0.407 e. The van der Waals surface area contributed by atoms with E-state index in [0.29, 0.717) is 12.8 Å². The molecular weight excluding hydrogens is 468 g/mol. The number of carboxylic acids is 1. The van der Waals surface area contributed by atoms with Gasteiger partial charge in [0.2, 0.25) is 5.91 Å². The average Bonchev–Trinajstić information content (AvgIpc) is 3.15. The number of benzene rings is 2. The van der Waals surface area contributed by atoms with E-state index in [1.54, 1.807) is 11.8 Å². The third-order valence-electron chi connectivity index (χ3n) is 6.72. The van der Waals surface area contributed by atoms with Crippen molar-refractivity contribution < 1.29 is 29.3 Å². The standard InChI is InChI=1S/C26H30N2O6S/c1-16(29)23(24(31)32)27-22(30)14-26(10-12-35-13-11-26)28-25(33)34-15-21-19-8-4-2-6-17(19)18-7-3-5-9-20(18)21/h2-9,16,21,23,29H,10-15H2,1H3,(H,27,30)(H,28,33)(H,31,32). The van der Waals surface area contributed by atoms with E-state index in [2.05, 4.69) is 22.8 Å². The minimum absolute atomic E-state index is 0.0725. The van der Waals surface area contributed by atoms with Gasteiger partial charge in [0.25, 0.3) is 0 Å². The second kappa shape index (κ2) is 10.7. The van der Waals surface area contributed by atoms with Crippen molar-refractivity contribution in [1.82, 2.24) is 10.6 Å². The molecule has 2 aliphatic rings. The molecule has 0 spiro atoms. The first-order chi connectivity index (χ1) is 16.8. The monoisotopic (exact) mass is 498 g/mol. The molecule has 2 unspecified atom stereocenters. The summed E-state index contributed by atoms with van der Waals surface area (Å²) in [6.07, 6.45) is -0.821. The lowest BCUT2D eigenvalue weighted by Crippen LogP contribution is -2.56. The Bertz CT molecular complexity index is 1050. The van der Waals surface area contributed by atoms with E-state index >= 15 is 0 Å². The van der Waals surface area contributed by atoms with E-state index in [1.807, 2.05) is 36.4 Å². The number of hydrogen-bond acceptors (Lipinski definition) is 6. The van der Waals surface area contributed by atoms with Crippen LogP contribution in [0.25, 0.3) is 11.1 Å². The first-order valence-electron chi connectivity index (χ1n) is 11.7. The van der Waals surface area contributed by atoms with Gasteiger partial charge in [-0.2, -0.15) is 11.8 Å². The number of fused-ring (bicyclic) bond motifs is 3. The summed E-state index contributed by atoms with van der Waals surface area (Å²) >= 11 is 1.74. The summed E-state index contributed by atoms with van der Waals surface area (Å²) < 4.78 is 5.68. The van der Waals surface area contributed by atoms with Gasteiger partial charge < -0.3 is 25.6 Å². The Morgan fingerprint density at radius 3 is 2.17 bits per heavy atom. The highest BCUT2D eigenvalue weighted by atomic mass is 32.2. The van der Waals surface area contributed by atoms with Gasteiger partial charge in [-0.25, -0.2) is 9.59 Å². The molecule has 2 aromatic carbocycles. The molecule has 0 bridgehead atoms. The zero-order chi connectivity index (χ0) is 25.0. The van der Waals surface area contributed by atoms with Crippen LogP contribution >= 0.6 is 11.8 Å². The van der Waals surface area contributed by atoms with Crippen molar-refractivity contribution >= 4 is 29.7 Å². The summed E-state index contributed by atoms with van der Waals surface area (Å²) in [6.45, 7) is 1.47. The van der Waals surface area contributed by atoms with Gasteiger partial charge in [-0.05, 0) is 53.5 Å². The number of amides is 2. The van der Waals surface area contributed by atoms with Crippen LogP contribution in [0.3, 0.4) is 0 Å². The van der Waals surface area contributed by atoms with Crippen molar-refractivity contribution in [3.05, 3.63) is 59.7 Å². The summed E-state index contributed by atoms with van der Waals surface area (Å²) in [5.41, 5.74) is 3.67. The highest BCUT2D eigenvalue weighted by molar-refractivity contribution is 7.99. The summed E-state index contributed by atoms with van der Waals surface area (Å²) in [5, 5.41) is 24.2. The molecule has 1 fully saturated rings. The molecule has 0 radical (unpaired) electrons. The Morgan fingerprint density at radius 2 is 1.63 bits per heavy atom. The number of hydrogen-bond donors (Lipinski definition) is 4. The molecule has 9 heteroatoms. The predicted octanol–water partition coefficient (Wildman–Crippen LogP) is 3.13. The smallest absolute Gasteiger partial charge is 0.407 e. The lowest BCUT2D eigenvalue weighted by Gasteiger charge is -2.37. The summed E-state index contributed by atoms with van der Waals surface area (Å²) in [6, 6.07) is 14.8. The number of alkyl carbamates (subject to hydrolysis) is 1. The molecule has 2 atom stereocenters. The average molecular weight is 499 g/mol.